The van der Waals surface area contributed by atoms with E-state index in [1.165, 1.54) is 5.56 Å². The molecule has 1 fully saturated rings. The summed E-state index contributed by atoms with van der Waals surface area (Å²) in [7, 11) is 2.11. The molecule has 1 aliphatic rings. The van der Waals surface area contributed by atoms with Gasteiger partial charge in [0.2, 0.25) is 0 Å². The minimum absolute atomic E-state index is 0.269. The molecule has 1 aliphatic heterocycles. The predicted molar refractivity (Wildman–Crippen MR) is 83.9 cm³/mol. The number of ether oxygens (including phenoxy) is 1. The van der Waals surface area contributed by atoms with E-state index >= 15 is 0 Å². The Labute approximate surface area is 127 Å². The molecule has 0 spiro atoms. The lowest BCUT2D eigenvalue weighted by atomic mass is 10.1. The molecule has 1 saturated heterocycles. The van der Waals surface area contributed by atoms with E-state index < -0.39 is 0 Å². The molecule has 0 aromatic heterocycles. The Morgan fingerprint density at radius 2 is 2.29 bits per heavy atom. The van der Waals surface area contributed by atoms with Gasteiger partial charge in [-0.15, -0.1) is 0 Å². The molecular weight excluding hydrogens is 262 g/mol. The zero-order chi connectivity index (χ0) is 15.2. The van der Waals surface area contributed by atoms with Gasteiger partial charge >= 0.3 is 0 Å². The van der Waals surface area contributed by atoms with Gasteiger partial charge in [-0.3, -0.25) is 9.80 Å². The van der Waals surface area contributed by atoms with Crippen LogP contribution in [0.5, 0.6) is 0 Å². The minimum atomic E-state index is 0.269. The molecule has 1 atom stereocenters. The van der Waals surface area contributed by atoms with Gasteiger partial charge in [-0.25, -0.2) is 0 Å². The Bertz CT molecular complexity index is 495. The van der Waals surface area contributed by atoms with Crippen molar-refractivity contribution in [1.29, 1.82) is 5.26 Å². The van der Waals surface area contributed by atoms with E-state index in [1.807, 2.05) is 18.2 Å². The highest BCUT2D eigenvalue weighted by Crippen LogP contribution is 2.12. The lowest BCUT2D eigenvalue weighted by Gasteiger charge is -2.37. The van der Waals surface area contributed by atoms with Crippen molar-refractivity contribution >= 4 is 0 Å². The summed E-state index contributed by atoms with van der Waals surface area (Å²) >= 11 is 0. The van der Waals surface area contributed by atoms with Gasteiger partial charge in [0.25, 0.3) is 0 Å². The molecule has 2 rings (SSSR count). The van der Waals surface area contributed by atoms with Crippen molar-refractivity contribution in [2.75, 3.05) is 33.3 Å². The maximum absolute atomic E-state index is 8.95. The van der Waals surface area contributed by atoms with Gasteiger partial charge in [0.1, 0.15) is 0 Å². The summed E-state index contributed by atoms with van der Waals surface area (Å²) < 4.78 is 5.88. The maximum atomic E-state index is 8.95. The first-order valence-electron chi connectivity index (χ1n) is 7.61. The fraction of sp³-hybridized carbons (Fsp3) is 0.588. The van der Waals surface area contributed by atoms with Crippen molar-refractivity contribution < 1.29 is 4.74 Å². The molecule has 21 heavy (non-hydrogen) atoms. The molecule has 0 bridgehead atoms. The van der Waals surface area contributed by atoms with E-state index in [0.717, 1.165) is 38.3 Å². The number of hydrogen-bond donors (Lipinski definition) is 0. The molecular formula is C17H25N3O. The third-order valence-electron chi connectivity index (χ3n) is 3.92. The molecule has 4 heteroatoms. The Morgan fingerprint density at radius 3 is 3.00 bits per heavy atom. The smallest absolute Gasteiger partial charge is 0.0991 e. The summed E-state index contributed by atoms with van der Waals surface area (Å²) in [5.41, 5.74) is 1.90. The zero-order valence-corrected chi connectivity index (χ0v) is 13.2. The Morgan fingerprint density at radius 1 is 1.48 bits per heavy atom. The molecule has 1 heterocycles. The second-order valence-corrected chi connectivity index (χ2v) is 6.09. The first-order valence-corrected chi connectivity index (χ1v) is 7.61. The molecule has 0 amide bonds. The largest absolute Gasteiger partial charge is 0.374 e. The van der Waals surface area contributed by atoms with Gasteiger partial charge in [-0.2, -0.15) is 5.26 Å². The normalized spacial score (nSPS) is 19.9. The molecule has 114 valence electrons. The standard InChI is InChI=1S/C17H25N3O/c1-14(2)20-7-8-21-17(13-20)12-19(3)11-16-6-4-5-15(9-16)10-18/h4-6,9,14,17H,7-8,11-13H2,1-3H3. The number of rotatable bonds is 5. The van der Waals surface area contributed by atoms with E-state index in [0.29, 0.717) is 6.04 Å². The zero-order valence-electron chi connectivity index (χ0n) is 13.2. The SMILES string of the molecule is CC(C)N1CCOC(CN(C)Cc2cccc(C#N)c2)C1. The molecule has 0 saturated carbocycles. The average molecular weight is 287 g/mol. The van der Waals surface area contributed by atoms with Crippen molar-refractivity contribution in [3.63, 3.8) is 0 Å². The monoisotopic (exact) mass is 287 g/mol. The van der Waals surface area contributed by atoms with Gasteiger partial charge in [-0.1, -0.05) is 12.1 Å². The first kappa shape index (κ1) is 16.0. The summed E-state index contributed by atoms with van der Waals surface area (Å²) in [4.78, 5) is 4.74. The van der Waals surface area contributed by atoms with Crippen LogP contribution in [0.2, 0.25) is 0 Å². The summed E-state index contributed by atoms with van der Waals surface area (Å²) in [6.45, 7) is 9.08. The number of morpholine rings is 1. The first-order chi connectivity index (χ1) is 10.1. The molecule has 0 aliphatic carbocycles. The fourth-order valence-corrected chi connectivity index (χ4v) is 2.78. The summed E-state index contributed by atoms with van der Waals surface area (Å²) in [5.74, 6) is 0. The Kier molecular flexibility index (Phi) is 5.75. The third-order valence-corrected chi connectivity index (χ3v) is 3.92. The topological polar surface area (TPSA) is 39.5 Å². The van der Waals surface area contributed by atoms with Crippen LogP contribution < -0.4 is 0 Å². The Balaban J connectivity index is 1.86. The maximum Gasteiger partial charge on any atom is 0.0991 e. The highest BCUT2D eigenvalue weighted by molar-refractivity contribution is 5.32. The van der Waals surface area contributed by atoms with Crippen molar-refractivity contribution in [1.82, 2.24) is 9.80 Å². The predicted octanol–water partition coefficient (Wildman–Crippen LogP) is 2.10. The van der Waals surface area contributed by atoms with Crippen molar-refractivity contribution in [3.05, 3.63) is 35.4 Å². The number of hydrogen-bond acceptors (Lipinski definition) is 4. The molecule has 0 N–H and O–H groups in total. The molecule has 4 nitrogen and oxygen atoms in total. The molecule has 1 unspecified atom stereocenters. The lowest BCUT2D eigenvalue weighted by molar-refractivity contribution is -0.0502. The van der Waals surface area contributed by atoms with Crippen LogP contribution in [0.1, 0.15) is 25.0 Å². The minimum Gasteiger partial charge on any atom is -0.374 e. The highest BCUT2D eigenvalue weighted by Gasteiger charge is 2.23. The van der Waals surface area contributed by atoms with Crippen LogP contribution in [0.4, 0.5) is 0 Å². The van der Waals surface area contributed by atoms with E-state index in [-0.39, 0.29) is 6.10 Å². The second kappa shape index (κ2) is 7.56. The molecule has 1 aromatic rings. The van der Waals surface area contributed by atoms with Crippen LogP contribution in [0.15, 0.2) is 24.3 Å². The summed E-state index contributed by atoms with van der Waals surface area (Å²) in [6, 6.07) is 10.6. The second-order valence-electron chi connectivity index (χ2n) is 6.09. The van der Waals surface area contributed by atoms with E-state index in [1.54, 1.807) is 0 Å². The number of nitriles is 1. The van der Waals surface area contributed by atoms with Crippen LogP contribution in [0, 0.1) is 11.3 Å². The number of likely N-dealkylation sites (N-methyl/N-ethyl adjacent to an activating group) is 1. The highest BCUT2D eigenvalue weighted by atomic mass is 16.5. The number of benzene rings is 1. The third kappa shape index (κ3) is 4.82. The van der Waals surface area contributed by atoms with Gasteiger partial charge in [0.15, 0.2) is 0 Å². The molecule has 0 radical (unpaired) electrons. The average Bonchev–Trinajstić information content (AvgIpc) is 2.47. The lowest BCUT2D eigenvalue weighted by Crippen LogP contribution is -2.49. The number of nitrogens with zero attached hydrogens (tertiary/aromatic N) is 3. The quantitative estimate of drug-likeness (QED) is 0.831. The summed E-state index contributed by atoms with van der Waals surface area (Å²) in [6.07, 6.45) is 0.269. The van der Waals surface area contributed by atoms with Crippen LogP contribution in [0.25, 0.3) is 0 Å². The van der Waals surface area contributed by atoms with E-state index in [9.17, 15) is 0 Å². The van der Waals surface area contributed by atoms with Crippen molar-refractivity contribution in [2.24, 2.45) is 0 Å². The van der Waals surface area contributed by atoms with E-state index in [2.05, 4.69) is 42.8 Å². The fourth-order valence-electron chi connectivity index (χ4n) is 2.78. The van der Waals surface area contributed by atoms with Gasteiger partial charge in [-0.05, 0) is 38.6 Å². The van der Waals surface area contributed by atoms with Gasteiger partial charge in [0, 0.05) is 32.2 Å². The van der Waals surface area contributed by atoms with Gasteiger partial charge in [0.05, 0.1) is 24.3 Å². The van der Waals surface area contributed by atoms with Crippen LogP contribution in [-0.4, -0.2) is 55.2 Å². The van der Waals surface area contributed by atoms with Crippen LogP contribution in [0.3, 0.4) is 0 Å². The summed E-state index contributed by atoms with van der Waals surface area (Å²) in [5, 5.41) is 8.95. The van der Waals surface area contributed by atoms with Crippen molar-refractivity contribution in [3.8, 4) is 6.07 Å². The van der Waals surface area contributed by atoms with Crippen LogP contribution in [-0.2, 0) is 11.3 Å². The van der Waals surface area contributed by atoms with Gasteiger partial charge < -0.3 is 4.74 Å². The molecule has 1 aromatic carbocycles. The van der Waals surface area contributed by atoms with Crippen LogP contribution >= 0.6 is 0 Å². The van der Waals surface area contributed by atoms with Crippen molar-refractivity contribution in [2.45, 2.75) is 32.5 Å². The Hall–Kier alpha value is -1.41. The van der Waals surface area contributed by atoms with E-state index in [4.69, 9.17) is 10.00 Å².